The third kappa shape index (κ3) is 2.91. The summed E-state index contributed by atoms with van der Waals surface area (Å²) in [7, 11) is 0. The highest BCUT2D eigenvalue weighted by Gasteiger charge is 2.03. The van der Waals surface area contributed by atoms with Crippen LogP contribution in [0.25, 0.3) is 11.1 Å². The van der Waals surface area contributed by atoms with Gasteiger partial charge in [-0.15, -0.1) is 11.3 Å². The first-order valence-electron chi connectivity index (χ1n) is 6.75. The molecule has 0 fully saturated rings. The molecule has 1 N–H and O–H groups in total. The zero-order valence-electron chi connectivity index (χ0n) is 11.5. The molecule has 0 aliphatic carbocycles. The summed E-state index contributed by atoms with van der Waals surface area (Å²) >= 11 is 1.81. The molecule has 1 aromatic heterocycles. The van der Waals surface area contributed by atoms with Gasteiger partial charge >= 0.3 is 0 Å². The Morgan fingerprint density at radius 3 is 2.45 bits per heavy atom. The second kappa shape index (κ2) is 5.93. The number of thiophene rings is 1. The lowest BCUT2D eigenvalue weighted by molar-refractivity contribution is 1.18. The molecule has 0 saturated heterocycles. The van der Waals surface area contributed by atoms with E-state index in [1.54, 1.807) is 11.3 Å². The van der Waals surface area contributed by atoms with Gasteiger partial charge in [0.1, 0.15) is 0 Å². The van der Waals surface area contributed by atoms with E-state index < -0.39 is 0 Å². The molecule has 1 heterocycles. The molecule has 0 saturated carbocycles. The van der Waals surface area contributed by atoms with Crippen LogP contribution in [-0.2, 0) is 6.54 Å². The lowest BCUT2D eigenvalue weighted by Gasteiger charge is -2.07. The number of nitrogens with one attached hydrogen (secondary N) is 1. The van der Waals surface area contributed by atoms with Crippen LogP contribution in [0.1, 0.15) is 10.4 Å². The van der Waals surface area contributed by atoms with E-state index in [0.717, 1.165) is 6.54 Å². The van der Waals surface area contributed by atoms with Crippen LogP contribution in [0.15, 0.2) is 66.0 Å². The Balaban J connectivity index is 1.71. The molecule has 1 nitrogen and oxygen atoms in total. The van der Waals surface area contributed by atoms with Gasteiger partial charge in [-0.2, -0.15) is 0 Å². The van der Waals surface area contributed by atoms with Crippen LogP contribution in [0.4, 0.5) is 5.69 Å². The minimum Gasteiger partial charge on any atom is -0.380 e. The average Bonchev–Trinajstić information content (AvgIpc) is 2.96. The SMILES string of the molecule is Cc1ccccc1NCc1cc(-c2ccccc2)cs1. The molecular formula is C18H17NS. The van der Waals surface area contributed by atoms with Crippen molar-refractivity contribution in [1.29, 1.82) is 0 Å². The highest BCUT2D eigenvalue weighted by atomic mass is 32.1. The standard InChI is InChI=1S/C18H17NS/c1-14-7-5-6-10-18(14)19-12-17-11-16(13-20-17)15-8-3-2-4-9-15/h2-11,13,19H,12H2,1H3. The smallest absolute Gasteiger partial charge is 0.0494 e. The molecular weight excluding hydrogens is 262 g/mol. The Morgan fingerprint density at radius 1 is 0.900 bits per heavy atom. The second-order valence-corrected chi connectivity index (χ2v) is 5.83. The predicted molar refractivity (Wildman–Crippen MR) is 88.3 cm³/mol. The van der Waals surface area contributed by atoms with Crippen molar-refractivity contribution in [3.63, 3.8) is 0 Å². The summed E-state index contributed by atoms with van der Waals surface area (Å²) in [6, 6.07) is 21.2. The van der Waals surface area contributed by atoms with Gasteiger partial charge in [0.25, 0.3) is 0 Å². The van der Waals surface area contributed by atoms with Gasteiger partial charge in [0, 0.05) is 17.1 Å². The van der Waals surface area contributed by atoms with Crippen molar-refractivity contribution < 1.29 is 0 Å². The van der Waals surface area contributed by atoms with Crippen LogP contribution in [-0.4, -0.2) is 0 Å². The van der Waals surface area contributed by atoms with E-state index in [1.807, 2.05) is 0 Å². The van der Waals surface area contributed by atoms with Crippen LogP contribution in [0.5, 0.6) is 0 Å². The summed E-state index contributed by atoms with van der Waals surface area (Å²) in [5.74, 6) is 0. The molecule has 2 aromatic carbocycles. The van der Waals surface area contributed by atoms with Gasteiger partial charge < -0.3 is 5.32 Å². The third-order valence-corrected chi connectivity index (χ3v) is 4.30. The van der Waals surface area contributed by atoms with Gasteiger partial charge in [-0.25, -0.2) is 0 Å². The molecule has 0 atom stereocenters. The molecule has 0 aliphatic heterocycles. The molecule has 0 radical (unpaired) electrons. The first-order valence-corrected chi connectivity index (χ1v) is 7.63. The summed E-state index contributed by atoms with van der Waals surface area (Å²) < 4.78 is 0. The number of hydrogen-bond acceptors (Lipinski definition) is 2. The molecule has 20 heavy (non-hydrogen) atoms. The first kappa shape index (κ1) is 12.9. The first-order chi connectivity index (χ1) is 9.83. The molecule has 3 aromatic rings. The highest BCUT2D eigenvalue weighted by molar-refractivity contribution is 7.10. The number of aryl methyl sites for hydroxylation is 1. The fourth-order valence-electron chi connectivity index (χ4n) is 2.21. The molecule has 0 aliphatic rings. The van der Waals surface area contributed by atoms with Crippen LogP contribution >= 0.6 is 11.3 Å². The average molecular weight is 279 g/mol. The maximum atomic E-state index is 3.50. The Kier molecular flexibility index (Phi) is 3.84. The number of anilines is 1. The van der Waals surface area contributed by atoms with E-state index in [4.69, 9.17) is 0 Å². The summed E-state index contributed by atoms with van der Waals surface area (Å²) in [6.45, 7) is 3.01. The van der Waals surface area contributed by atoms with E-state index >= 15 is 0 Å². The van der Waals surface area contributed by atoms with Gasteiger partial charge in [0.2, 0.25) is 0 Å². The van der Waals surface area contributed by atoms with Crippen LogP contribution in [0.2, 0.25) is 0 Å². The summed E-state index contributed by atoms with van der Waals surface area (Å²) in [6.07, 6.45) is 0. The fraction of sp³-hybridized carbons (Fsp3) is 0.111. The van der Waals surface area contributed by atoms with E-state index in [-0.39, 0.29) is 0 Å². The second-order valence-electron chi connectivity index (χ2n) is 4.84. The van der Waals surface area contributed by atoms with Crippen molar-refractivity contribution >= 4 is 17.0 Å². The number of hydrogen-bond donors (Lipinski definition) is 1. The summed E-state index contributed by atoms with van der Waals surface area (Å²) in [5, 5.41) is 5.73. The molecule has 3 rings (SSSR count). The minimum absolute atomic E-state index is 0.877. The zero-order chi connectivity index (χ0) is 13.8. The maximum absolute atomic E-state index is 3.50. The van der Waals surface area contributed by atoms with E-state index in [9.17, 15) is 0 Å². The van der Waals surface area contributed by atoms with E-state index in [1.165, 1.54) is 27.3 Å². The van der Waals surface area contributed by atoms with Crippen molar-refractivity contribution in [2.24, 2.45) is 0 Å². The van der Waals surface area contributed by atoms with Gasteiger partial charge in [-0.3, -0.25) is 0 Å². The number of para-hydroxylation sites is 1. The molecule has 0 spiro atoms. The number of rotatable bonds is 4. The van der Waals surface area contributed by atoms with Gasteiger partial charge in [-0.1, -0.05) is 48.5 Å². The molecule has 0 unspecified atom stereocenters. The third-order valence-electron chi connectivity index (χ3n) is 3.36. The molecule has 0 amide bonds. The Morgan fingerprint density at radius 2 is 1.65 bits per heavy atom. The van der Waals surface area contributed by atoms with Crippen LogP contribution < -0.4 is 5.32 Å². The highest BCUT2D eigenvalue weighted by Crippen LogP contribution is 2.26. The van der Waals surface area contributed by atoms with Crippen molar-refractivity contribution in [3.05, 3.63) is 76.5 Å². The molecule has 100 valence electrons. The van der Waals surface area contributed by atoms with Gasteiger partial charge in [-0.05, 0) is 41.1 Å². The lowest BCUT2D eigenvalue weighted by Crippen LogP contribution is -1.98. The van der Waals surface area contributed by atoms with Crippen molar-refractivity contribution in [2.75, 3.05) is 5.32 Å². The largest absolute Gasteiger partial charge is 0.380 e. The minimum atomic E-state index is 0.877. The summed E-state index contributed by atoms with van der Waals surface area (Å²) in [4.78, 5) is 1.35. The Bertz CT molecular complexity index is 685. The fourth-order valence-corrected chi connectivity index (χ4v) is 3.04. The summed E-state index contributed by atoms with van der Waals surface area (Å²) in [5.41, 5.74) is 5.08. The topological polar surface area (TPSA) is 12.0 Å². The van der Waals surface area contributed by atoms with Crippen LogP contribution in [0.3, 0.4) is 0 Å². The number of benzene rings is 2. The quantitative estimate of drug-likeness (QED) is 0.680. The van der Waals surface area contributed by atoms with Crippen LogP contribution in [0, 0.1) is 6.92 Å². The van der Waals surface area contributed by atoms with E-state index in [0.29, 0.717) is 0 Å². The maximum Gasteiger partial charge on any atom is 0.0494 e. The van der Waals surface area contributed by atoms with Gasteiger partial charge in [0.15, 0.2) is 0 Å². The lowest BCUT2D eigenvalue weighted by atomic mass is 10.1. The monoisotopic (exact) mass is 279 g/mol. The zero-order valence-corrected chi connectivity index (χ0v) is 12.3. The van der Waals surface area contributed by atoms with Crippen molar-refractivity contribution in [2.45, 2.75) is 13.5 Å². The van der Waals surface area contributed by atoms with Crippen molar-refractivity contribution in [3.8, 4) is 11.1 Å². The Hall–Kier alpha value is -2.06. The van der Waals surface area contributed by atoms with E-state index in [2.05, 4.69) is 78.3 Å². The Labute approximate surface area is 123 Å². The van der Waals surface area contributed by atoms with Gasteiger partial charge in [0.05, 0.1) is 0 Å². The molecule has 2 heteroatoms. The molecule has 0 bridgehead atoms. The normalized spacial score (nSPS) is 10.4. The van der Waals surface area contributed by atoms with Crippen molar-refractivity contribution in [1.82, 2.24) is 0 Å². The predicted octanol–water partition coefficient (Wildman–Crippen LogP) is 5.34.